The molecule has 4 N–H and O–H groups in total. The molecule has 0 amide bonds. The molecule has 0 spiro atoms. The van der Waals surface area contributed by atoms with Gasteiger partial charge in [-0.25, -0.2) is 4.68 Å². The van der Waals surface area contributed by atoms with Gasteiger partial charge in [-0.2, -0.15) is 5.11 Å². The number of thiocarbonyl (C=S) groups is 1. The molecule has 136 valence electrons. The first-order valence-electron chi connectivity index (χ1n) is 7.95. The number of Topliss-reactive ketones (excluding diaryl/α,β-unsaturated/α-hetero) is 1. The van der Waals surface area contributed by atoms with Crippen LogP contribution in [-0.2, 0) is 0 Å². The number of rotatable bonds is 4. The minimum absolute atomic E-state index is 0.0394. The lowest BCUT2D eigenvalue weighted by Gasteiger charge is -2.09. The van der Waals surface area contributed by atoms with Crippen LogP contribution < -0.4 is 16.6 Å². The zero-order chi connectivity index (χ0) is 19.4. The number of H-pyrrole nitrogens is 1. The highest BCUT2D eigenvalue weighted by Gasteiger charge is 2.15. The number of benzene rings is 2. The fourth-order valence-corrected chi connectivity index (χ4v) is 2.53. The summed E-state index contributed by atoms with van der Waals surface area (Å²) in [7, 11) is 0. The van der Waals surface area contributed by atoms with Gasteiger partial charge in [-0.05, 0) is 55.5 Å². The largest absolute Gasteiger partial charge is 0.382 e. The quantitative estimate of drug-likeness (QED) is 0.363. The number of nitrogens with one attached hydrogen (secondary N) is 2. The summed E-state index contributed by atoms with van der Waals surface area (Å²) in [6.07, 6.45) is 0. The van der Waals surface area contributed by atoms with Gasteiger partial charge in [0.25, 0.3) is 5.56 Å². The van der Waals surface area contributed by atoms with Crippen molar-refractivity contribution in [1.82, 2.24) is 9.78 Å². The van der Waals surface area contributed by atoms with Gasteiger partial charge in [0.05, 0.1) is 5.69 Å². The van der Waals surface area contributed by atoms with Crippen molar-refractivity contribution < 1.29 is 4.79 Å². The van der Waals surface area contributed by atoms with Gasteiger partial charge < -0.3 is 11.1 Å². The van der Waals surface area contributed by atoms with E-state index in [1.165, 1.54) is 11.6 Å². The second-order valence-corrected chi connectivity index (χ2v) is 6.00. The Hall–Kier alpha value is -3.59. The Bertz CT molecular complexity index is 1070. The van der Waals surface area contributed by atoms with E-state index in [1.54, 1.807) is 24.3 Å². The smallest absolute Gasteiger partial charge is 0.294 e. The van der Waals surface area contributed by atoms with E-state index in [4.69, 9.17) is 18.0 Å². The molecule has 0 aliphatic heterocycles. The predicted molar refractivity (Wildman–Crippen MR) is 108 cm³/mol. The number of ketones is 1. The normalized spacial score (nSPS) is 10.9. The number of carbonyl (C=O) groups is 1. The van der Waals surface area contributed by atoms with Gasteiger partial charge >= 0.3 is 0 Å². The number of para-hydroxylation sites is 1. The number of azo groups is 1. The molecule has 8 nitrogen and oxygen atoms in total. The van der Waals surface area contributed by atoms with Crippen molar-refractivity contribution in [3.8, 4) is 0 Å². The predicted octanol–water partition coefficient (Wildman–Crippen LogP) is 3.62. The molecule has 0 saturated carbocycles. The topological polar surface area (TPSA) is 118 Å². The molecule has 0 unspecified atom stereocenters. The standard InChI is InChI=1S/C18H16N6O2S/c1-11(25)12-7-9-14(10-8-12)21-22-15-16(19)24(23-17(15)26)18(27)20-13-5-3-2-4-6-13/h2-10H,19H2,1H3,(H,20,27)(H,23,26). The van der Waals surface area contributed by atoms with Gasteiger partial charge in [0.15, 0.2) is 22.4 Å². The molecular weight excluding hydrogens is 364 g/mol. The van der Waals surface area contributed by atoms with Crippen molar-refractivity contribution in [2.45, 2.75) is 6.92 Å². The molecule has 2 aromatic carbocycles. The fraction of sp³-hybridized carbons (Fsp3) is 0.0556. The van der Waals surface area contributed by atoms with Crippen LogP contribution in [0.15, 0.2) is 69.6 Å². The maximum atomic E-state index is 12.1. The Morgan fingerprint density at radius 2 is 1.78 bits per heavy atom. The minimum atomic E-state index is -0.520. The third kappa shape index (κ3) is 4.15. The number of nitrogens with zero attached hydrogens (tertiary/aromatic N) is 3. The minimum Gasteiger partial charge on any atom is -0.382 e. The number of carbonyl (C=O) groups excluding carboxylic acids is 1. The summed E-state index contributed by atoms with van der Waals surface area (Å²) in [5.74, 6) is -0.00628. The Morgan fingerprint density at radius 3 is 2.41 bits per heavy atom. The Kier molecular flexibility index (Phi) is 5.23. The number of nitrogen functional groups attached to an aromatic ring is 1. The molecule has 27 heavy (non-hydrogen) atoms. The van der Waals surface area contributed by atoms with Crippen LogP contribution in [0.2, 0.25) is 0 Å². The molecular formula is C18H16N6O2S. The molecule has 1 heterocycles. The van der Waals surface area contributed by atoms with E-state index in [1.807, 2.05) is 30.3 Å². The first-order valence-corrected chi connectivity index (χ1v) is 8.36. The average molecular weight is 380 g/mol. The SMILES string of the molecule is CC(=O)c1ccc(N=Nc2c(N)n(C(=S)Nc3ccccc3)[nH]c2=O)cc1. The van der Waals surface area contributed by atoms with E-state index in [9.17, 15) is 9.59 Å². The Balaban J connectivity index is 1.82. The molecule has 0 saturated heterocycles. The lowest BCUT2D eigenvalue weighted by Crippen LogP contribution is -2.23. The number of aromatic amines is 1. The van der Waals surface area contributed by atoms with E-state index >= 15 is 0 Å². The Labute approximate surface area is 159 Å². The Morgan fingerprint density at radius 1 is 1.11 bits per heavy atom. The highest BCUT2D eigenvalue weighted by atomic mass is 32.1. The third-order valence-corrected chi connectivity index (χ3v) is 3.96. The molecule has 3 rings (SSSR count). The van der Waals surface area contributed by atoms with E-state index < -0.39 is 5.56 Å². The zero-order valence-electron chi connectivity index (χ0n) is 14.3. The van der Waals surface area contributed by atoms with E-state index in [2.05, 4.69) is 20.6 Å². The summed E-state index contributed by atoms with van der Waals surface area (Å²) in [5, 5.41) is 13.6. The monoisotopic (exact) mass is 380 g/mol. The fourth-order valence-electron chi connectivity index (χ4n) is 2.27. The lowest BCUT2D eigenvalue weighted by molar-refractivity contribution is 0.101. The van der Waals surface area contributed by atoms with Gasteiger partial charge in [0, 0.05) is 11.3 Å². The molecule has 0 radical (unpaired) electrons. The summed E-state index contributed by atoms with van der Waals surface area (Å²) in [5.41, 5.74) is 7.22. The maximum absolute atomic E-state index is 12.1. The first kappa shape index (κ1) is 18.2. The maximum Gasteiger partial charge on any atom is 0.294 e. The van der Waals surface area contributed by atoms with Crippen LogP contribution in [0.5, 0.6) is 0 Å². The van der Waals surface area contributed by atoms with Crippen molar-refractivity contribution in [2.24, 2.45) is 10.2 Å². The van der Waals surface area contributed by atoms with Gasteiger partial charge in [-0.3, -0.25) is 14.7 Å². The van der Waals surface area contributed by atoms with Crippen molar-refractivity contribution in [2.75, 3.05) is 11.1 Å². The molecule has 0 bridgehead atoms. The lowest BCUT2D eigenvalue weighted by atomic mass is 10.1. The van der Waals surface area contributed by atoms with Crippen LogP contribution in [0.25, 0.3) is 0 Å². The number of hydrogen-bond acceptors (Lipinski definition) is 6. The summed E-state index contributed by atoms with van der Waals surface area (Å²) >= 11 is 5.28. The van der Waals surface area contributed by atoms with Gasteiger partial charge in [0.1, 0.15) is 0 Å². The highest BCUT2D eigenvalue weighted by molar-refractivity contribution is 7.80. The van der Waals surface area contributed by atoms with Crippen LogP contribution in [0.3, 0.4) is 0 Å². The van der Waals surface area contributed by atoms with E-state index in [0.29, 0.717) is 11.3 Å². The molecule has 0 fully saturated rings. The van der Waals surface area contributed by atoms with Crippen LogP contribution in [0.4, 0.5) is 22.9 Å². The van der Waals surface area contributed by atoms with Gasteiger partial charge in [-0.15, -0.1) is 5.11 Å². The number of aromatic nitrogens is 2. The molecule has 1 aromatic heterocycles. The zero-order valence-corrected chi connectivity index (χ0v) is 15.2. The highest BCUT2D eigenvalue weighted by Crippen LogP contribution is 2.21. The van der Waals surface area contributed by atoms with Crippen molar-refractivity contribution in [3.63, 3.8) is 0 Å². The van der Waals surface area contributed by atoms with E-state index in [-0.39, 0.29) is 22.4 Å². The molecule has 0 atom stereocenters. The molecule has 0 aliphatic carbocycles. The van der Waals surface area contributed by atoms with Crippen LogP contribution in [0.1, 0.15) is 17.3 Å². The van der Waals surface area contributed by atoms with Crippen LogP contribution in [-0.4, -0.2) is 20.7 Å². The average Bonchev–Trinajstić information content (AvgIpc) is 2.95. The van der Waals surface area contributed by atoms with E-state index in [0.717, 1.165) is 5.69 Å². The molecule has 9 heteroatoms. The summed E-state index contributed by atoms with van der Waals surface area (Å²) in [6.45, 7) is 1.48. The van der Waals surface area contributed by atoms with Crippen molar-refractivity contribution in [1.29, 1.82) is 0 Å². The molecule has 3 aromatic rings. The number of anilines is 2. The summed E-state index contributed by atoms with van der Waals surface area (Å²) < 4.78 is 1.23. The van der Waals surface area contributed by atoms with Crippen molar-refractivity contribution >= 4 is 46.0 Å². The second-order valence-electron chi connectivity index (χ2n) is 5.61. The van der Waals surface area contributed by atoms with Crippen LogP contribution >= 0.6 is 12.2 Å². The number of hydrogen-bond donors (Lipinski definition) is 3. The second kappa shape index (κ2) is 7.75. The third-order valence-electron chi connectivity index (χ3n) is 3.68. The summed E-state index contributed by atoms with van der Waals surface area (Å²) in [4.78, 5) is 23.4. The van der Waals surface area contributed by atoms with Crippen molar-refractivity contribution in [3.05, 3.63) is 70.5 Å². The number of nitrogens with two attached hydrogens (primary N) is 1. The van der Waals surface area contributed by atoms with Gasteiger partial charge in [0.2, 0.25) is 0 Å². The van der Waals surface area contributed by atoms with Crippen LogP contribution in [0, 0.1) is 0 Å². The first-order chi connectivity index (χ1) is 13.0. The van der Waals surface area contributed by atoms with Gasteiger partial charge in [-0.1, -0.05) is 18.2 Å². The summed E-state index contributed by atoms with van der Waals surface area (Å²) in [6, 6.07) is 15.8. The molecule has 0 aliphatic rings.